The van der Waals surface area contributed by atoms with E-state index in [4.69, 9.17) is 4.74 Å². The highest BCUT2D eigenvalue weighted by Gasteiger charge is 2.38. The minimum Gasteiger partial charge on any atom is -0.469 e. The monoisotopic (exact) mass is 292 g/mol. The zero-order chi connectivity index (χ0) is 15.6. The molecule has 1 aliphatic heterocycles. The molecule has 0 radical (unpaired) electrons. The van der Waals surface area contributed by atoms with Crippen LogP contribution in [0.2, 0.25) is 0 Å². The van der Waals surface area contributed by atoms with E-state index in [0.717, 1.165) is 0 Å². The number of amides is 1. The van der Waals surface area contributed by atoms with E-state index in [2.05, 4.69) is 0 Å². The molecule has 0 aliphatic carbocycles. The number of esters is 1. The Bertz CT molecular complexity index is 586. The van der Waals surface area contributed by atoms with E-state index in [1.54, 1.807) is 0 Å². The Kier molecular flexibility index (Phi) is 4.21. The van der Waals surface area contributed by atoms with Crippen molar-refractivity contribution >= 4 is 17.6 Å². The normalized spacial score (nSPS) is 21.1. The molecule has 2 unspecified atom stereocenters. The Hall–Kier alpha value is -2.44. The lowest BCUT2D eigenvalue weighted by Crippen LogP contribution is -2.30. The number of likely N-dealkylation sites (tertiary alicyclic amines) is 1. The summed E-state index contributed by atoms with van der Waals surface area (Å²) in [4.78, 5) is 35.7. The van der Waals surface area contributed by atoms with Gasteiger partial charge in [0.25, 0.3) is 11.6 Å². The SMILES string of the molecule is COC(=O)C1CN(C(=O)c2cccc([N+](=O)[O-])c2)CC1C. The molecule has 1 amide bonds. The van der Waals surface area contributed by atoms with Crippen molar-refractivity contribution in [3.05, 3.63) is 39.9 Å². The molecule has 0 bridgehead atoms. The van der Waals surface area contributed by atoms with Crippen LogP contribution in [0.1, 0.15) is 17.3 Å². The van der Waals surface area contributed by atoms with Crippen LogP contribution in [-0.2, 0) is 9.53 Å². The summed E-state index contributed by atoms with van der Waals surface area (Å²) in [5, 5.41) is 10.7. The maximum Gasteiger partial charge on any atom is 0.310 e. The molecule has 1 fully saturated rings. The Morgan fingerprint density at radius 3 is 2.71 bits per heavy atom. The zero-order valence-corrected chi connectivity index (χ0v) is 11.8. The molecule has 0 saturated carbocycles. The topological polar surface area (TPSA) is 89.8 Å². The van der Waals surface area contributed by atoms with Crippen LogP contribution in [0.5, 0.6) is 0 Å². The number of carbonyl (C=O) groups is 2. The molecule has 2 rings (SSSR count). The van der Waals surface area contributed by atoms with Gasteiger partial charge in [0.2, 0.25) is 0 Å². The number of hydrogen-bond donors (Lipinski definition) is 0. The van der Waals surface area contributed by atoms with Gasteiger partial charge in [0.05, 0.1) is 18.0 Å². The molecular weight excluding hydrogens is 276 g/mol. The Labute approximate surface area is 121 Å². The highest BCUT2D eigenvalue weighted by atomic mass is 16.6. The minimum atomic E-state index is -0.541. The Balaban J connectivity index is 2.16. The van der Waals surface area contributed by atoms with Gasteiger partial charge in [-0.3, -0.25) is 19.7 Å². The number of carbonyl (C=O) groups excluding carboxylic acids is 2. The average molecular weight is 292 g/mol. The first-order chi connectivity index (χ1) is 9.93. The number of nitro groups is 1. The van der Waals surface area contributed by atoms with Crippen molar-refractivity contribution in [3.8, 4) is 0 Å². The molecule has 1 aliphatic rings. The lowest BCUT2D eigenvalue weighted by atomic mass is 9.99. The van der Waals surface area contributed by atoms with Crippen LogP contribution < -0.4 is 0 Å². The highest BCUT2D eigenvalue weighted by molar-refractivity contribution is 5.95. The zero-order valence-electron chi connectivity index (χ0n) is 11.8. The smallest absolute Gasteiger partial charge is 0.310 e. The van der Waals surface area contributed by atoms with Gasteiger partial charge in [-0.1, -0.05) is 13.0 Å². The van der Waals surface area contributed by atoms with Crippen LogP contribution in [0.15, 0.2) is 24.3 Å². The molecule has 7 heteroatoms. The summed E-state index contributed by atoms with van der Waals surface area (Å²) in [5.41, 5.74) is 0.125. The fraction of sp³-hybridized carbons (Fsp3) is 0.429. The highest BCUT2D eigenvalue weighted by Crippen LogP contribution is 2.26. The number of benzene rings is 1. The molecule has 112 valence electrons. The van der Waals surface area contributed by atoms with E-state index < -0.39 is 4.92 Å². The van der Waals surface area contributed by atoms with Gasteiger partial charge >= 0.3 is 5.97 Å². The summed E-state index contributed by atoms with van der Waals surface area (Å²) in [6.45, 7) is 2.58. The molecule has 0 N–H and O–H groups in total. The third-order valence-electron chi connectivity index (χ3n) is 3.71. The molecule has 1 aromatic rings. The summed E-state index contributed by atoms with van der Waals surface area (Å²) in [7, 11) is 1.32. The molecular formula is C14H16N2O5. The summed E-state index contributed by atoms with van der Waals surface area (Å²) in [6, 6.07) is 5.59. The Morgan fingerprint density at radius 1 is 1.38 bits per heavy atom. The average Bonchev–Trinajstić information content (AvgIpc) is 2.87. The second-order valence-electron chi connectivity index (χ2n) is 5.12. The molecule has 21 heavy (non-hydrogen) atoms. The van der Waals surface area contributed by atoms with Crippen molar-refractivity contribution in [1.82, 2.24) is 4.90 Å². The summed E-state index contributed by atoms with van der Waals surface area (Å²) >= 11 is 0. The quantitative estimate of drug-likeness (QED) is 0.478. The van der Waals surface area contributed by atoms with Gasteiger partial charge < -0.3 is 9.64 Å². The first kappa shape index (κ1) is 15.0. The van der Waals surface area contributed by atoms with Gasteiger partial charge in [0.1, 0.15) is 0 Å². The molecule has 0 aromatic heterocycles. The van der Waals surface area contributed by atoms with E-state index in [1.165, 1.54) is 36.3 Å². The van der Waals surface area contributed by atoms with Crippen molar-refractivity contribution in [3.63, 3.8) is 0 Å². The third-order valence-corrected chi connectivity index (χ3v) is 3.71. The fourth-order valence-electron chi connectivity index (χ4n) is 2.53. The molecule has 0 spiro atoms. The van der Waals surface area contributed by atoms with E-state index >= 15 is 0 Å². The predicted octanol–water partition coefficient (Wildman–Crippen LogP) is 1.48. The molecule has 2 atom stereocenters. The van der Waals surface area contributed by atoms with Crippen LogP contribution in [0.3, 0.4) is 0 Å². The first-order valence-electron chi connectivity index (χ1n) is 6.55. The number of hydrogen-bond acceptors (Lipinski definition) is 5. The number of rotatable bonds is 3. The first-order valence-corrected chi connectivity index (χ1v) is 6.55. The van der Waals surface area contributed by atoms with Gasteiger partial charge in [-0.05, 0) is 12.0 Å². The fourth-order valence-corrected chi connectivity index (χ4v) is 2.53. The van der Waals surface area contributed by atoms with Crippen LogP contribution in [0.4, 0.5) is 5.69 Å². The second kappa shape index (κ2) is 5.90. The second-order valence-corrected chi connectivity index (χ2v) is 5.12. The number of nitrogens with zero attached hydrogens (tertiary/aromatic N) is 2. The third kappa shape index (κ3) is 3.01. The number of nitro benzene ring substituents is 1. The van der Waals surface area contributed by atoms with E-state index in [9.17, 15) is 19.7 Å². The lowest BCUT2D eigenvalue weighted by Gasteiger charge is -2.15. The largest absolute Gasteiger partial charge is 0.469 e. The van der Waals surface area contributed by atoms with Crippen LogP contribution in [0.25, 0.3) is 0 Å². The van der Waals surface area contributed by atoms with Crippen LogP contribution in [0, 0.1) is 22.0 Å². The van der Waals surface area contributed by atoms with Gasteiger partial charge in [-0.15, -0.1) is 0 Å². The number of ether oxygens (including phenoxy) is 1. The van der Waals surface area contributed by atoms with Crippen molar-refractivity contribution in [2.45, 2.75) is 6.92 Å². The predicted molar refractivity (Wildman–Crippen MR) is 73.7 cm³/mol. The number of non-ortho nitro benzene ring substituents is 1. The maximum atomic E-state index is 12.4. The van der Waals surface area contributed by atoms with Crippen molar-refractivity contribution in [1.29, 1.82) is 0 Å². The van der Waals surface area contributed by atoms with Crippen molar-refractivity contribution in [2.75, 3.05) is 20.2 Å². The van der Waals surface area contributed by atoms with Gasteiger partial charge in [-0.25, -0.2) is 0 Å². The van der Waals surface area contributed by atoms with Gasteiger partial charge in [-0.2, -0.15) is 0 Å². The summed E-state index contributed by atoms with van der Waals surface area (Å²) in [5.74, 6) is -0.994. The van der Waals surface area contributed by atoms with Gasteiger partial charge in [0.15, 0.2) is 0 Å². The van der Waals surface area contributed by atoms with Crippen molar-refractivity contribution < 1.29 is 19.2 Å². The Morgan fingerprint density at radius 2 is 2.10 bits per heavy atom. The standard InChI is InChI=1S/C14H16N2O5/c1-9-7-15(8-12(9)14(18)21-2)13(17)10-4-3-5-11(6-10)16(19)20/h3-6,9,12H,7-8H2,1-2H3. The molecule has 1 saturated heterocycles. The van der Waals surface area contributed by atoms with Crippen molar-refractivity contribution in [2.24, 2.45) is 11.8 Å². The molecule has 1 aromatic carbocycles. The molecule has 7 nitrogen and oxygen atoms in total. The van der Waals surface area contributed by atoms with Gasteiger partial charge in [0, 0.05) is 30.8 Å². The van der Waals surface area contributed by atoms with E-state index in [1.807, 2.05) is 6.92 Å². The minimum absolute atomic E-state index is 0.0000908. The van der Waals surface area contributed by atoms with Crippen LogP contribution >= 0.6 is 0 Å². The van der Waals surface area contributed by atoms with E-state index in [-0.39, 0.29) is 41.5 Å². The lowest BCUT2D eigenvalue weighted by molar-refractivity contribution is -0.384. The van der Waals surface area contributed by atoms with E-state index in [0.29, 0.717) is 6.54 Å². The number of methoxy groups -OCH3 is 1. The molecule has 1 heterocycles. The summed E-state index contributed by atoms with van der Waals surface area (Å²) in [6.07, 6.45) is 0. The summed E-state index contributed by atoms with van der Waals surface area (Å²) < 4.78 is 4.72. The maximum absolute atomic E-state index is 12.4. The van der Waals surface area contributed by atoms with Crippen LogP contribution in [-0.4, -0.2) is 41.9 Å².